The zero-order chi connectivity index (χ0) is 29.6. The molecule has 10 nitrogen and oxygen atoms in total. The fraction of sp³-hybridized carbons (Fsp3) is 0.621. The number of fused-ring (bicyclic) bond motifs is 3. The zero-order valence-electron chi connectivity index (χ0n) is 24.7. The molecule has 0 bridgehead atoms. The lowest BCUT2D eigenvalue weighted by Gasteiger charge is -2.23. The number of ether oxygens (including phenoxy) is 2. The van der Waals surface area contributed by atoms with Crippen LogP contribution in [0.4, 0.5) is 9.59 Å². The lowest BCUT2D eigenvalue weighted by Crippen LogP contribution is -2.36. The van der Waals surface area contributed by atoms with E-state index < -0.39 is 45.5 Å². The van der Waals surface area contributed by atoms with Crippen LogP contribution in [-0.2, 0) is 19.5 Å². The molecule has 1 aromatic carbocycles. The van der Waals surface area contributed by atoms with Crippen LogP contribution in [-0.4, -0.2) is 43.3 Å². The highest BCUT2D eigenvalue weighted by molar-refractivity contribution is 7.89. The van der Waals surface area contributed by atoms with Crippen LogP contribution >= 0.6 is 0 Å². The van der Waals surface area contributed by atoms with E-state index in [4.69, 9.17) is 9.47 Å². The minimum atomic E-state index is -3.90. The maximum atomic E-state index is 13.6. The summed E-state index contributed by atoms with van der Waals surface area (Å²) in [6.07, 6.45) is 2.78. The topological polar surface area (TPSA) is 136 Å². The number of benzene rings is 1. The monoisotopic (exact) mass is 574 g/mol. The Morgan fingerprint density at radius 2 is 1.52 bits per heavy atom. The molecule has 2 aliphatic carbocycles. The van der Waals surface area contributed by atoms with Gasteiger partial charge in [0.05, 0.1) is 17.0 Å². The van der Waals surface area contributed by atoms with Crippen molar-refractivity contribution in [3.8, 4) is 0 Å². The van der Waals surface area contributed by atoms with E-state index in [1.165, 1.54) is 0 Å². The standard InChI is InChI=1S/C29H42N4O6S/c1-16(2)14-31-40(36,37)24-12-19-22(32-26(34)38-28(3,4)5)13-23(33-27(35)39-29(6,7)8)25(19)20-15-30-21(11-18(20)24)17-9-10-17/h11-12,15-17,22-23,31H,9-10,13-14H2,1-8H3,(H,32,34)(H,33,35)/t22-,23-/m0/s1. The highest BCUT2D eigenvalue weighted by atomic mass is 32.2. The average molecular weight is 575 g/mol. The number of hydrogen-bond donors (Lipinski definition) is 3. The van der Waals surface area contributed by atoms with Crippen molar-refractivity contribution in [2.45, 2.75) is 109 Å². The lowest BCUT2D eigenvalue weighted by molar-refractivity contribution is 0.0492. The second kappa shape index (κ2) is 10.8. The number of amides is 2. The molecule has 3 N–H and O–H groups in total. The van der Waals surface area contributed by atoms with Gasteiger partial charge in [0.15, 0.2) is 0 Å². The molecule has 4 rings (SSSR count). The summed E-state index contributed by atoms with van der Waals surface area (Å²) in [4.78, 5) is 30.4. The van der Waals surface area contributed by atoms with E-state index in [0.29, 0.717) is 27.8 Å². The van der Waals surface area contributed by atoms with E-state index in [2.05, 4.69) is 20.3 Å². The first-order valence-corrected chi connectivity index (χ1v) is 15.4. The van der Waals surface area contributed by atoms with Gasteiger partial charge in [0.2, 0.25) is 10.0 Å². The normalized spacial score (nSPS) is 19.4. The van der Waals surface area contributed by atoms with Gasteiger partial charge < -0.3 is 20.1 Å². The van der Waals surface area contributed by atoms with E-state index >= 15 is 0 Å². The highest BCUT2D eigenvalue weighted by Gasteiger charge is 2.39. The number of nitrogens with one attached hydrogen (secondary N) is 3. The summed E-state index contributed by atoms with van der Waals surface area (Å²) < 4.78 is 41.0. The largest absolute Gasteiger partial charge is 0.444 e. The van der Waals surface area contributed by atoms with E-state index in [1.807, 2.05) is 19.9 Å². The molecule has 2 amide bonds. The Hall–Kier alpha value is -2.92. The molecule has 11 heteroatoms. The number of hydrogen-bond acceptors (Lipinski definition) is 7. The zero-order valence-corrected chi connectivity index (χ0v) is 25.5. The van der Waals surface area contributed by atoms with Crippen molar-refractivity contribution in [2.24, 2.45) is 5.92 Å². The van der Waals surface area contributed by atoms with E-state index in [-0.39, 0.29) is 23.8 Å². The molecule has 1 saturated carbocycles. The third kappa shape index (κ3) is 7.23. The van der Waals surface area contributed by atoms with Crippen LogP contribution < -0.4 is 15.4 Å². The van der Waals surface area contributed by atoms with Crippen molar-refractivity contribution in [1.29, 1.82) is 0 Å². The molecule has 220 valence electrons. The van der Waals surface area contributed by atoms with Crippen molar-refractivity contribution in [1.82, 2.24) is 20.3 Å². The van der Waals surface area contributed by atoms with Gasteiger partial charge in [-0.25, -0.2) is 22.7 Å². The predicted molar refractivity (Wildman–Crippen MR) is 153 cm³/mol. The molecular weight excluding hydrogens is 532 g/mol. The second-order valence-corrected chi connectivity index (χ2v) is 14.9. The Morgan fingerprint density at radius 1 is 0.950 bits per heavy atom. The number of pyridine rings is 1. The molecule has 1 fully saturated rings. The van der Waals surface area contributed by atoms with Gasteiger partial charge >= 0.3 is 12.2 Å². The summed E-state index contributed by atoms with van der Waals surface area (Å²) in [6.45, 7) is 14.8. The summed E-state index contributed by atoms with van der Waals surface area (Å²) in [5, 5.41) is 6.98. The van der Waals surface area contributed by atoms with E-state index in [9.17, 15) is 18.0 Å². The first kappa shape index (κ1) is 30.0. The quantitative estimate of drug-likeness (QED) is 0.393. The van der Waals surface area contributed by atoms with Crippen LogP contribution in [0.2, 0.25) is 0 Å². The molecule has 1 heterocycles. The fourth-order valence-corrected chi connectivity index (χ4v) is 6.29. The Morgan fingerprint density at radius 3 is 2.05 bits per heavy atom. The van der Waals surface area contributed by atoms with Crippen LogP contribution in [0.25, 0.3) is 10.8 Å². The third-order valence-corrected chi connectivity index (χ3v) is 8.09. The van der Waals surface area contributed by atoms with Crippen molar-refractivity contribution >= 4 is 33.0 Å². The Balaban J connectivity index is 1.85. The van der Waals surface area contributed by atoms with Gasteiger partial charge in [0, 0.05) is 35.1 Å². The molecule has 40 heavy (non-hydrogen) atoms. The SMILES string of the molecule is CC(C)CNS(=O)(=O)c1cc2c(c3cnc(C4CC4)cc13)[C@@H](NC(=O)OC(C)(C)C)C[C@@H]2NC(=O)OC(C)(C)C. The molecule has 0 saturated heterocycles. The molecule has 1 aromatic heterocycles. The highest BCUT2D eigenvalue weighted by Crippen LogP contribution is 2.47. The van der Waals surface area contributed by atoms with Gasteiger partial charge in [-0.15, -0.1) is 0 Å². The van der Waals surface area contributed by atoms with E-state index in [1.54, 1.807) is 53.8 Å². The number of rotatable bonds is 7. The smallest absolute Gasteiger partial charge is 0.408 e. The molecule has 2 atom stereocenters. The molecule has 0 aliphatic heterocycles. The summed E-state index contributed by atoms with van der Waals surface area (Å²) >= 11 is 0. The van der Waals surface area contributed by atoms with Crippen LogP contribution in [0.5, 0.6) is 0 Å². The van der Waals surface area contributed by atoms with Gasteiger partial charge in [-0.05, 0) is 90.0 Å². The van der Waals surface area contributed by atoms with Crippen LogP contribution in [0.1, 0.15) is 109 Å². The number of nitrogens with zero attached hydrogens (tertiary/aromatic N) is 1. The molecule has 0 radical (unpaired) electrons. The number of carbonyl (C=O) groups is 2. The fourth-order valence-electron chi connectivity index (χ4n) is 4.85. The molecule has 2 aromatic rings. The minimum Gasteiger partial charge on any atom is -0.444 e. The second-order valence-electron chi connectivity index (χ2n) is 13.2. The van der Waals surface area contributed by atoms with Crippen molar-refractivity contribution in [3.05, 3.63) is 35.2 Å². The van der Waals surface area contributed by atoms with Crippen LogP contribution in [0, 0.1) is 5.92 Å². The molecule has 0 unspecified atom stereocenters. The van der Waals surface area contributed by atoms with Gasteiger partial charge in [-0.1, -0.05) is 13.8 Å². The summed E-state index contributed by atoms with van der Waals surface area (Å²) in [5.74, 6) is 0.428. The van der Waals surface area contributed by atoms with Gasteiger partial charge in [-0.2, -0.15) is 0 Å². The minimum absolute atomic E-state index is 0.114. The Labute approximate surface area is 237 Å². The molecule has 2 aliphatic rings. The average Bonchev–Trinajstić information content (AvgIpc) is 3.58. The van der Waals surface area contributed by atoms with Gasteiger partial charge in [0.25, 0.3) is 0 Å². The maximum absolute atomic E-state index is 13.6. The Kier molecular flexibility index (Phi) is 8.12. The van der Waals surface area contributed by atoms with Crippen molar-refractivity contribution < 1.29 is 27.5 Å². The number of sulfonamides is 1. The van der Waals surface area contributed by atoms with Crippen LogP contribution in [0.15, 0.2) is 23.2 Å². The number of carbonyl (C=O) groups excluding carboxylic acids is 2. The van der Waals surface area contributed by atoms with Gasteiger partial charge in [0.1, 0.15) is 11.2 Å². The third-order valence-electron chi connectivity index (χ3n) is 6.62. The Bertz CT molecular complexity index is 1400. The van der Waals surface area contributed by atoms with Crippen molar-refractivity contribution in [3.63, 3.8) is 0 Å². The van der Waals surface area contributed by atoms with E-state index in [0.717, 1.165) is 18.5 Å². The lowest BCUT2D eigenvalue weighted by atomic mass is 9.98. The summed E-state index contributed by atoms with van der Waals surface area (Å²) in [6, 6.07) is 2.31. The number of alkyl carbamates (subject to hydrolysis) is 2. The first-order chi connectivity index (χ1) is 18.4. The maximum Gasteiger partial charge on any atom is 0.408 e. The van der Waals surface area contributed by atoms with Gasteiger partial charge in [-0.3, -0.25) is 4.98 Å². The summed E-state index contributed by atoms with van der Waals surface area (Å²) in [7, 11) is -3.90. The molecule has 0 spiro atoms. The molecular formula is C29H42N4O6S. The number of aromatic nitrogens is 1. The summed E-state index contributed by atoms with van der Waals surface area (Å²) in [5.41, 5.74) is 0.722. The van der Waals surface area contributed by atoms with Crippen molar-refractivity contribution in [2.75, 3.05) is 6.54 Å². The van der Waals surface area contributed by atoms with Crippen LogP contribution in [0.3, 0.4) is 0 Å². The predicted octanol–water partition coefficient (Wildman–Crippen LogP) is 5.58. The first-order valence-electron chi connectivity index (χ1n) is 13.9.